The van der Waals surface area contributed by atoms with Crippen LogP contribution < -0.4 is 10.6 Å². The Morgan fingerprint density at radius 2 is 1.90 bits per heavy atom. The minimum atomic E-state index is -0.418. The summed E-state index contributed by atoms with van der Waals surface area (Å²) >= 11 is 13.3. The van der Waals surface area contributed by atoms with Crippen molar-refractivity contribution in [2.45, 2.75) is 0 Å². The van der Waals surface area contributed by atoms with Crippen LogP contribution in [0.15, 0.2) is 42.5 Å². The van der Waals surface area contributed by atoms with Gasteiger partial charge < -0.3 is 5.32 Å². The molecule has 0 saturated carbocycles. The van der Waals surface area contributed by atoms with Gasteiger partial charge in [-0.2, -0.15) is 0 Å². The minimum absolute atomic E-state index is 0.416. The Bertz CT molecular complexity index is 786. The molecule has 0 atom stereocenters. The van der Waals surface area contributed by atoms with E-state index >= 15 is 0 Å². The molecule has 0 spiro atoms. The summed E-state index contributed by atoms with van der Waals surface area (Å²) in [7, 11) is 0. The van der Waals surface area contributed by atoms with Crippen LogP contribution in [0.4, 0.5) is 15.6 Å². The summed E-state index contributed by atoms with van der Waals surface area (Å²) in [6.45, 7) is 0. The van der Waals surface area contributed by atoms with Gasteiger partial charge in [-0.25, -0.2) is 9.78 Å². The van der Waals surface area contributed by atoms with E-state index in [4.69, 9.17) is 23.2 Å². The highest BCUT2D eigenvalue weighted by molar-refractivity contribution is 7.22. The summed E-state index contributed by atoms with van der Waals surface area (Å²) in [4.78, 5) is 16.3. The molecule has 0 aliphatic carbocycles. The average molecular weight is 338 g/mol. The number of benzene rings is 2. The van der Waals surface area contributed by atoms with Crippen LogP contribution in [0, 0.1) is 0 Å². The first-order chi connectivity index (χ1) is 10.1. The number of thiazole rings is 1. The Labute approximate surface area is 134 Å². The normalized spacial score (nSPS) is 10.6. The van der Waals surface area contributed by atoms with Crippen molar-refractivity contribution in [3.63, 3.8) is 0 Å². The van der Waals surface area contributed by atoms with E-state index in [0.29, 0.717) is 20.9 Å². The molecular formula is C14H9Cl2N3OS. The number of carbonyl (C=O) groups excluding carboxylic acids is 1. The molecular weight excluding hydrogens is 329 g/mol. The monoisotopic (exact) mass is 337 g/mol. The zero-order valence-corrected chi connectivity index (χ0v) is 12.9. The number of aromatic nitrogens is 1. The molecule has 2 amide bonds. The number of rotatable bonds is 2. The number of amides is 2. The van der Waals surface area contributed by atoms with Crippen LogP contribution in [-0.2, 0) is 0 Å². The van der Waals surface area contributed by atoms with Crippen LogP contribution in [0.3, 0.4) is 0 Å². The van der Waals surface area contributed by atoms with Crippen molar-refractivity contribution >= 4 is 61.6 Å². The number of hydrogen-bond donors (Lipinski definition) is 2. The molecule has 0 aliphatic rings. The molecule has 0 saturated heterocycles. The summed E-state index contributed by atoms with van der Waals surface area (Å²) < 4.78 is 1.01. The van der Waals surface area contributed by atoms with Crippen LogP contribution in [0.2, 0.25) is 10.0 Å². The second-order valence-electron chi connectivity index (χ2n) is 4.19. The van der Waals surface area contributed by atoms with Crippen molar-refractivity contribution < 1.29 is 4.79 Å². The Balaban J connectivity index is 1.75. The van der Waals surface area contributed by atoms with Gasteiger partial charge in [-0.1, -0.05) is 46.7 Å². The molecule has 21 heavy (non-hydrogen) atoms. The van der Waals surface area contributed by atoms with E-state index in [9.17, 15) is 4.79 Å². The van der Waals surface area contributed by atoms with E-state index in [1.165, 1.54) is 11.3 Å². The van der Waals surface area contributed by atoms with Gasteiger partial charge in [-0.3, -0.25) is 5.32 Å². The van der Waals surface area contributed by atoms with Gasteiger partial charge >= 0.3 is 6.03 Å². The smallest absolute Gasteiger partial charge is 0.306 e. The zero-order valence-electron chi connectivity index (χ0n) is 10.6. The summed E-state index contributed by atoms with van der Waals surface area (Å²) in [6, 6.07) is 12.1. The van der Waals surface area contributed by atoms with E-state index in [1.807, 2.05) is 24.3 Å². The number of anilines is 2. The molecule has 0 unspecified atom stereocenters. The molecule has 0 bridgehead atoms. The maximum absolute atomic E-state index is 12.0. The molecule has 1 aromatic heterocycles. The number of nitrogens with one attached hydrogen (secondary N) is 2. The molecule has 7 heteroatoms. The van der Waals surface area contributed by atoms with Crippen LogP contribution in [-0.4, -0.2) is 11.0 Å². The van der Waals surface area contributed by atoms with Gasteiger partial charge in [0, 0.05) is 5.02 Å². The lowest BCUT2D eigenvalue weighted by atomic mass is 10.3. The van der Waals surface area contributed by atoms with Crippen LogP contribution >= 0.6 is 34.5 Å². The molecule has 3 aromatic rings. The lowest BCUT2D eigenvalue weighted by Crippen LogP contribution is -2.19. The van der Waals surface area contributed by atoms with E-state index < -0.39 is 6.03 Å². The highest BCUT2D eigenvalue weighted by Gasteiger charge is 2.09. The van der Waals surface area contributed by atoms with Crippen LogP contribution in [0.1, 0.15) is 0 Å². The first kappa shape index (κ1) is 14.1. The topological polar surface area (TPSA) is 54.0 Å². The van der Waals surface area contributed by atoms with Crippen LogP contribution in [0.25, 0.3) is 10.2 Å². The molecule has 0 radical (unpaired) electrons. The second-order valence-corrected chi connectivity index (χ2v) is 6.06. The Hall–Kier alpha value is -1.82. The third kappa shape index (κ3) is 3.26. The number of hydrogen-bond acceptors (Lipinski definition) is 3. The van der Waals surface area contributed by atoms with E-state index in [-0.39, 0.29) is 0 Å². The predicted octanol–water partition coefficient (Wildman–Crippen LogP) is 5.25. The van der Waals surface area contributed by atoms with E-state index in [2.05, 4.69) is 15.6 Å². The molecule has 0 aliphatic heterocycles. The molecule has 0 fully saturated rings. The summed E-state index contributed by atoms with van der Waals surface area (Å²) in [5.74, 6) is 0. The predicted molar refractivity (Wildman–Crippen MR) is 88.7 cm³/mol. The van der Waals surface area contributed by atoms with E-state index in [1.54, 1.807) is 18.2 Å². The summed E-state index contributed by atoms with van der Waals surface area (Å²) in [5.41, 5.74) is 1.29. The lowest BCUT2D eigenvalue weighted by Gasteiger charge is -2.07. The third-order valence-electron chi connectivity index (χ3n) is 2.69. The van der Waals surface area contributed by atoms with Crippen LogP contribution in [0.5, 0.6) is 0 Å². The second kappa shape index (κ2) is 5.89. The molecule has 2 aromatic carbocycles. The van der Waals surface area contributed by atoms with Gasteiger partial charge in [0.1, 0.15) is 0 Å². The van der Waals surface area contributed by atoms with Crippen molar-refractivity contribution in [1.29, 1.82) is 0 Å². The summed E-state index contributed by atoms with van der Waals surface area (Å²) in [6.07, 6.45) is 0. The fourth-order valence-corrected chi connectivity index (χ4v) is 2.97. The summed E-state index contributed by atoms with van der Waals surface area (Å²) in [5, 5.41) is 6.76. The third-order valence-corrected chi connectivity index (χ3v) is 4.21. The molecule has 4 nitrogen and oxygen atoms in total. The number of carbonyl (C=O) groups is 1. The minimum Gasteiger partial charge on any atom is -0.306 e. The fourth-order valence-electron chi connectivity index (χ4n) is 1.77. The maximum atomic E-state index is 12.0. The number of nitrogens with zero attached hydrogens (tertiary/aromatic N) is 1. The van der Waals surface area contributed by atoms with Gasteiger partial charge in [-0.15, -0.1) is 0 Å². The highest BCUT2D eigenvalue weighted by atomic mass is 35.5. The van der Waals surface area contributed by atoms with Gasteiger partial charge in [-0.05, 0) is 30.3 Å². The standard InChI is InChI=1S/C14H9Cl2N3OS/c15-8-5-6-9(16)11(7-8)17-13(20)19-14-18-10-3-1-2-4-12(10)21-14/h1-7H,(H2,17,18,19,20). The first-order valence-corrected chi connectivity index (χ1v) is 7.58. The van der Waals surface area contributed by atoms with Gasteiger partial charge in [0.2, 0.25) is 0 Å². The molecule has 2 N–H and O–H groups in total. The lowest BCUT2D eigenvalue weighted by molar-refractivity contribution is 0.262. The van der Waals surface area contributed by atoms with Crippen molar-refractivity contribution in [3.05, 3.63) is 52.5 Å². The van der Waals surface area contributed by atoms with Gasteiger partial charge in [0.15, 0.2) is 5.13 Å². The van der Waals surface area contributed by atoms with E-state index in [0.717, 1.165) is 10.2 Å². The average Bonchev–Trinajstić information content (AvgIpc) is 2.84. The van der Waals surface area contributed by atoms with Gasteiger partial charge in [0.25, 0.3) is 0 Å². The van der Waals surface area contributed by atoms with Gasteiger partial charge in [0.05, 0.1) is 20.9 Å². The Morgan fingerprint density at radius 3 is 2.71 bits per heavy atom. The largest absolute Gasteiger partial charge is 0.325 e. The Kier molecular flexibility index (Phi) is 3.96. The molecule has 106 valence electrons. The quantitative estimate of drug-likeness (QED) is 0.671. The first-order valence-electron chi connectivity index (χ1n) is 6.00. The number of halogens is 2. The van der Waals surface area contributed by atoms with Crippen molar-refractivity contribution in [2.24, 2.45) is 0 Å². The number of urea groups is 1. The zero-order chi connectivity index (χ0) is 14.8. The van der Waals surface area contributed by atoms with Crippen molar-refractivity contribution in [2.75, 3.05) is 10.6 Å². The SMILES string of the molecule is O=C(Nc1nc2ccccc2s1)Nc1cc(Cl)ccc1Cl. The highest BCUT2D eigenvalue weighted by Crippen LogP contribution is 2.27. The van der Waals surface area contributed by atoms with Crippen molar-refractivity contribution in [1.82, 2.24) is 4.98 Å². The Morgan fingerprint density at radius 1 is 1.10 bits per heavy atom. The number of fused-ring (bicyclic) bond motifs is 1. The molecule has 3 rings (SSSR count). The maximum Gasteiger partial charge on any atom is 0.325 e. The fraction of sp³-hybridized carbons (Fsp3) is 0. The molecule has 1 heterocycles. The number of para-hydroxylation sites is 1. The van der Waals surface area contributed by atoms with Crippen molar-refractivity contribution in [3.8, 4) is 0 Å².